The van der Waals surface area contributed by atoms with E-state index in [9.17, 15) is 0 Å². The van der Waals surface area contributed by atoms with Gasteiger partial charge < -0.3 is 14.8 Å². The molecule has 1 atom stereocenters. The van der Waals surface area contributed by atoms with Crippen molar-refractivity contribution in [3.63, 3.8) is 0 Å². The van der Waals surface area contributed by atoms with Crippen LogP contribution in [0.15, 0.2) is 0 Å². The first-order valence-electron chi connectivity index (χ1n) is 6.56. The lowest BCUT2D eigenvalue weighted by atomic mass is 10.1. The molecule has 1 unspecified atom stereocenters. The maximum Gasteiger partial charge on any atom is 0.162 e. The normalized spacial score (nSPS) is 19.8. The number of nitrogens with one attached hydrogen (secondary N) is 1. The Morgan fingerprint density at radius 2 is 2.11 bits per heavy atom. The highest BCUT2D eigenvalue weighted by Crippen LogP contribution is 2.22. The van der Waals surface area contributed by atoms with Crippen molar-refractivity contribution in [2.45, 2.75) is 33.3 Å². The van der Waals surface area contributed by atoms with E-state index in [4.69, 9.17) is 9.47 Å². The van der Waals surface area contributed by atoms with Crippen LogP contribution in [0.4, 0.5) is 5.82 Å². The predicted molar refractivity (Wildman–Crippen MR) is 69.8 cm³/mol. The zero-order valence-corrected chi connectivity index (χ0v) is 11.3. The third-order valence-corrected chi connectivity index (χ3v) is 3.05. The number of hydrogen-bond donors (Lipinski definition) is 1. The molecular formula is C13H21N3O2. The molecule has 18 heavy (non-hydrogen) atoms. The van der Waals surface area contributed by atoms with Crippen LogP contribution in [0.2, 0.25) is 0 Å². The summed E-state index contributed by atoms with van der Waals surface area (Å²) in [6.07, 6.45) is 0.759. The quantitative estimate of drug-likeness (QED) is 0.885. The van der Waals surface area contributed by atoms with Gasteiger partial charge in [-0.15, -0.1) is 0 Å². The molecule has 0 spiro atoms. The smallest absolute Gasteiger partial charge is 0.162 e. The molecule has 1 N–H and O–H groups in total. The van der Waals surface area contributed by atoms with E-state index in [0.717, 1.165) is 35.9 Å². The van der Waals surface area contributed by atoms with Gasteiger partial charge in [0.2, 0.25) is 0 Å². The minimum atomic E-state index is -0.137. The Morgan fingerprint density at radius 1 is 1.28 bits per heavy atom. The second kappa shape index (κ2) is 6.11. The van der Waals surface area contributed by atoms with E-state index >= 15 is 0 Å². The molecule has 1 aromatic heterocycles. The molecule has 100 valence electrons. The van der Waals surface area contributed by atoms with E-state index in [1.807, 2.05) is 0 Å². The predicted octanol–water partition coefficient (Wildman–Crippen LogP) is 1.87. The van der Waals surface area contributed by atoms with Crippen LogP contribution >= 0.6 is 0 Å². The Kier molecular flexibility index (Phi) is 4.49. The van der Waals surface area contributed by atoms with Crippen molar-refractivity contribution in [2.75, 3.05) is 31.7 Å². The van der Waals surface area contributed by atoms with Gasteiger partial charge in [0.25, 0.3) is 0 Å². The number of anilines is 1. The Balaban J connectivity index is 2.31. The fraction of sp³-hybridized carbons (Fsp3) is 0.692. The molecular weight excluding hydrogens is 230 g/mol. The molecule has 2 rings (SSSR count). The van der Waals surface area contributed by atoms with Gasteiger partial charge in [-0.3, -0.25) is 0 Å². The highest BCUT2D eigenvalue weighted by atomic mass is 16.6. The summed E-state index contributed by atoms with van der Waals surface area (Å²) in [6.45, 7) is 8.88. The summed E-state index contributed by atoms with van der Waals surface area (Å²) in [6, 6.07) is 0. The number of aromatic nitrogens is 2. The van der Waals surface area contributed by atoms with Gasteiger partial charge in [0.1, 0.15) is 11.9 Å². The third-order valence-electron chi connectivity index (χ3n) is 3.05. The summed E-state index contributed by atoms with van der Waals surface area (Å²) in [7, 11) is 0. The van der Waals surface area contributed by atoms with E-state index in [1.54, 1.807) is 0 Å². The molecule has 0 aliphatic carbocycles. The van der Waals surface area contributed by atoms with Gasteiger partial charge in [-0.2, -0.15) is 0 Å². The molecule has 1 aromatic rings. The average molecular weight is 251 g/mol. The second-order valence-electron chi connectivity index (χ2n) is 4.32. The molecule has 5 heteroatoms. The summed E-state index contributed by atoms with van der Waals surface area (Å²) in [4.78, 5) is 9.17. The molecule has 1 saturated heterocycles. The minimum Gasteiger partial charge on any atom is -0.376 e. The fourth-order valence-corrected chi connectivity index (χ4v) is 2.05. The van der Waals surface area contributed by atoms with Crippen molar-refractivity contribution in [3.05, 3.63) is 17.1 Å². The van der Waals surface area contributed by atoms with Gasteiger partial charge in [0.05, 0.1) is 19.8 Å². The molecule has 1 fully saturated rings. The number of ether oxygens (including phenoxy) is 2. The summed E-state index contributed by atoms with van der Waals surface area (Å²) in [5.74, 6) is 1.64. The Morgan fingerprint density at radius 3 is 2.72 bits per heavy atom. The van der Waals surface area contributed by atoms with Crippen molar-refractivity contribution in [1.29, 1.82) is 0 Å². The standard InChI is InChI=1S/C13H21N3O2/c1-4-10-9(3)12(14-5-2)16-13(15-10)11-8-17-6-7-18-11/h11H,4-8H2,1-3H3,(H,14,15,16). The van der Waals surface area contributed by atoms with Crippen LogP contribution in [0.25, 0.3) is 0 Å². The van der Waals surface area contributed by atoms with Gasteiger partial charge >= 0.3 is 0 Å². The first-order valence-corrected chi connectivity index (χ1v) is 6.56. The largest absolute Gasteiger partial charge is 0.376 e. The molecule has 0 radical (unpaired) electrons. The van der Waals surface area contributed by atoms with Crippen molar-refractivity contribution >= 4 is 5.82 Å². The summed E-state index contributed by atoms with van der Waals surface area (Å²) in [5.41, 5.74) is 2.20. The van der Waals surface area contributed by atoms with E-state index in [-0.39, 0.29) is 6.10 Å². The molecule has 0 aromatic carbocycles. The Bertz CT molecular complexity index is 403. The van der Waals surface area contributed by atoms with Crippen molar-refractivity contribution in [3.8, 4) is 0 Å². The first kappa shape index (κ1) is 13.2. The highest BCUT2D eigenvalue weighted by molar-refractivity contribution is 5.46. The van der Waals surface area contributed by atoms with E-state index in [2.05, 4.69) is 36.1 Å². The van der Waals surface area contributed by atoms with E-state index < -0.39 is 0 Å². The zero-order valence-electron chi connectivity index (χ0n) is 11.3. The summed E-state index contributed by atoms with van der Waals surface area (Å²) in [5, 5.41) is 3.28. The van der Waals surface area contributed by atoms with Crippen molar-refractivity contribution in [2.24, 2.45) is 0 Å². The second-order valence-corrected chi connectivity index (χ2v) is 4.32. The lowest BCUT2D eigenvalue weighted by Gasteiger charge is -2.23. The van der Waals surface area contributed by atoms with E-state index in [1.165, 1.54) is 0 Å². The topological polar surface area (TPSA) is 56.3 Å². The number of hydrogen-bond acceptors (Lipinski definition) is 5. The fourth-order valence-electron chi connectivity index (χ4n) is 2.05. The number of rotatable bonds is 4. The van der Waals surface area contributed by atoms with E-state index in [0.29, 0.717) is 19.8 Å². The lowest BCUT2D eigenvalue weighted by molar-refractivity contribution is -0.0935. The van der Waals surface area contributed by atoms with Crippen LogP contribution in [0.3, 0.4) is 0 Å². The van der Waals surface area contributed by atoms with Gasteiger partial charge in [-0.05, 0) is 20.3 Å². The summed E-state index contributed by atoms with van der Waals surface area (Å²) >= 11 is 0. The van der Waals surface area contributed by atoms with Crippen LogP contribution in [-0.4, -0.2) is 36.3 Å². The van der Waals surface area contributed by atoms with Crippen LogP contribution in [0.5, 0.6) is 0 Å². The van der Waals surface area contributed by atoms with Crippen LogP contribution in [0, 0.1) is 6.92 Å². The van der Waals surface area contributed by atoms with Gasteiger partial charge in [-0.1, -0.05) is 6.92 Å². The molecule has 0 bridgehead atoms. The molecule has 5 nitrogen and oxygen atoms in total. The SMILES string of the molecule is CCNc1nc(C2COCCO2)nc(CC)c1C. The lowest BCUT2D eigenvalue weighted by Crippen LogP contribution is -2.24. The molecule has 1 aliphatic heterocycles. The monoisotopic (exact) mass is 251 g/mol. The third kappa shape index (κ3) is 2.79. The van der Waals surface area contributed by atoms with Gasteiger partial charge in [0, 0.05) is 17.8 Å². The molecule has 2 heterocycles. The van der Waals surface area contributed by atoms with Crippen molar-refractivity contribution in [1.82, 2.24) is 9.97 Å². The van der Waals surface area contributed by atoms with Crippen LogP contribution < -0.4 is 5.32 Å². The van der Waals surface area contributed by atoms with Crippen LogP contribution in [-0.2, 0) is 15.9 Å². The first-order chi connectivity index (χ1) is 8.76. The maximum atomic E-state index is 5.66. The number of aryl methyl sites for hydroxylation is 1. The van der Waals surface area contributed by atoms with Crippen molar-refractivity contribution < 1.29 is 9.47 Å². The molecule has 0 saturated carbocycles. The maximum absolute atomic E-state index is 5.66. The summed E-state index contributed by atoms with van der Waals surface area (Å²) < 4.78 is 11.1. The zero-order chi connectivity index (χ0) is 13.0. The number of nitrogens with zero attached hydrogens (tertiary/aromatic N) is 2. The molecule has 0 amide bonds. The van der Waals surface area contributed by atoms with Gasteiger partial charge in [-0.25, -0.2) is 9.97 Å². The molecule has 1 aliphatic rings. The van der Waals surface area contributed by atoms with Gasteiger partial charge in [0.15, 0.2) is 5.82 Å². The average Bonchev–Trinajstić information content (AvgIpc) is 2.42. The Hall–Kier alpha value is -1.20. The minimum absolute atomic E-state index is 0.137. The van der Waals surface area contributed by atoms with Crippen LogP contribution in [0.1, 0.15) is 37.0 Å². The highest BCUT2D eigenvalue weighted by Gasteiger charge is 2.21. The Labute approximate surface area is 108 Å².